The molecule has 0 aliphatic carbocycles. The van der Waals surface area contributed by atoms with Gasteiger partial charge < -0.3 is 15.1 Å². The molecule has 0 unspecified atom stereocenters. The summed E-state index contributed by atoms with van der Waals surface area (Å²) < 4.78 is 13.4. The van der Waals surface area contributed by atoms with Crippen LogP contribution in [0.5, 0.6) is 0 Å². The summed E-state index contributed by atoms with van der Waals surface area (Å²) in [6.07, 6.45) is 1.64. The number of anilines is 1. The van der Waals surface area contributed by atoms with Crippen LogP contribution in [0.1, 0.15) is 12.0 Å². The smallest absolute Gasteiger partial charge is 0.325 e. The lowest BCUT2D eigenvalue weighted by molar-refractivity contribution is -0.136. The van der Waals surface area contributed by atoms with E-state index in [0.717, 1.165) is 10.7 Å². The van der Waals surface area contributed by atoms with Crippen LogP contribution in [-0.2, 0) is 16.1 Å². The number of halogens is 1. The second kappa shape index (κ2) is 8.48. The van der Waals surface area contributed by atoms with Gasteiger partial charge in [-0.25, -0.2) is 14.2 Å². The highest BCUT2D eigenvalue weighted by atomic mass is 19.1. The Hall–Kier alpha value is -3.49. The van der Waals surface area contributed by atoms with Crippen molar-refractivity contribution in [1.82, 2.24) is 20.1 Å². The summed E-state index contributed by atoms with van der Waals surface area (Å²) in [6, 6.07) is 9.98. The van der Waals surface area contributed by atoms with Gasteiger partial charge in [0.2, 0.25) is 5.91 Å². The van der Waals surface area contributed by atoms with Gasteiger partial charge in [-0.2, -0.15) is 0 Å². The molecular weight excluding hydrogens is 389 g/mol. The van der Waals surface area contributed by atoms with Crippen molar-refractivity contribution in [1.29, 1.82) is 0 Å². The summed E-state index contributed by atoms with van der Waals surface area (Å²) in [4.78, 5) is 46.7. The second-order valence-corrected chi connectivity index (χ2v) is 7.32. The van der Waals surface area contributed by atoms with Crippen molar-refractivity contribution in [2.75, 3.05) is 31.1 Å². The Balaban J connectivity index is 1.31. The molecule has 156 valence electrons. The van der Waals surface area contributed by atoms with Crippen LogP contribution in [0.3, 0.4) is 0 Å². The zero-order valence-electron chi connectivity index (χ0n) is 16.3. The van der Waals surface area contributed by atoms with E-state index in [-0.39, 0.29) is 18.9 Å². The normalized spacial score (nSPS) is 19.2. The summed E-state index contributed by atoms with van der Waals surface area (Å²) in [5, 5.41) is 2.57. The van der Waals surface area contributed by atoms with Crippen LogP contribution >= 0.6 is 0 Å². The molecule has 30 heavy (non-hydrogen) atoms. The van der Waals surface area contributed by atoms with Gasteiger partial charge in [0.05, 0.1) is 13.0 Å². The lowest BCUT2D eigenvalue weighted by Gasteiger charge is -2.35. The molecule has 0 spiro atoms. The van der Waals surface area contributed by atoms with Gasteiger partial charge in [-0.1, -0.05) is 18.2 Å². The maximum absolute atomic E-state index is 13.4. The third-order valence-electron chi connectivity index (χ3n) is 5.32. The van der Waals surface area contributed by atoms with E-state index in [4.69, 9.17) is 0 Å². The van der Waals surface area contributed by atoms with E-state index in [1.807, 2.05) is 18.2 Å². The van der Waals surface area contributed by atoms with E-state index >= 15 is 0 Å². The quantitative estimate of drug-likeness (QED) is 0.752. The number of carbonyl (C=O) groups excluding carboxylic acids is 3. The number of piperazine rings is 1. The number of nitrogens with one attached hydrogen (secondary N) is 1. The molecule has 1 atom stereocenters. The molecule has 0 bridgehead atoms. The SMILES string of the molecule is O=C(C[C@H]1NC(=O)N(Cc2cccc(F)c2)C1=O)N1CCN(c2ccccn2)CC1. The third kappa shape index (κ3) is 4.24. The lowest BCUT2D eigenvalue weighted by Crippen LogP contribution is -2.50. The molecule has 9 heteroatoms. The first kappa shape index (κ1) is 19.8. The van der Waals surface area contributed by atoms with E-state index in [0.29, 0.717) is 31.7 Å². The molecule has 1 N–H and O–H groups in total. The molecule has 2 aliphatic rings. The van der Waals surface area contributed by atoms with E-state index in [1.54, 1.807) is 17.2 Å². The predicted octanol–water partition coefficient (Wildman–Crippen LogP) is 1.38. The average Bonchev–Trinajstić information content (AvgIpc) is 3.02. The highest BCUT2D eigenvalue weighted by molar-refractivity contribution is 6.05. The largest absolute Gasteiger partial charge is 0.353 e. The van der Waals surface area contributed by atoms with Crippen molar-refractivity contribution in [3.8, 4) is 0 Å². The van der Waals surface area contributed by atoms with Crippen molar-refractivity contribution in [2.24, 2.45) is 0 Å². The standard InChI is InChI=1S/C21H22FN5O3/c22-16-5-3-4-15(12-16)14-27-20(29)17(24-21(27)30)13-19(28)26-10-8-25(9-11-26)18-6-1-2-7-23-18/h1-7,12,17H,8-11,13-14H2,(H,24,30)/t17-/m1/s1. The molecule has 2 aliphatic heterocycles. The molecule has 1 aromatic carbocycles. The number of aromatic nitrogens is 1. The van der Waals surface area contributed by atoms with Gasteiger partial charge in [-0.15, -0.1) is 0 Å². The number of nitrogens with zero attached hydrogens (tertiary/aromatic N) is 4. The molecule has 0 saturated carbocycles. The number of pyridine rings is 1. The number of urea groups is 1. The van der Waals surface area contributed by atoms with Crippen molar-refractivity contribution >= 4 is 23.7 Å². The fourth-order valence-electron chi connectivity index (χ4n) is 3.71. The number of benzene rings is 1. The third-order valence-corrected chi connectivity index (χ3v) is 5.32. The lowest BCUT2D eigenvalue weighted by atomic mass is 10.1. The number of carbonyl (C=O) groups is 3. The second-order valence-electron chi connectivity index (χ2n) is 7.32. The monoisotopic (exact) mass is 411 g/mol. The Morgan fingerprint density at radius 1 is 1.10 bits per heavy atom. The first-order valence-corrected chi connectivity index (χ1v) is 9.81. The van der Waals surface area contributed by atoms with Crippen molar-refractivity contribution in [3.63, 3.8) is 0 Å². The first-order chi connectivity index (χ1) is 14.5. The van der Waals surface area contributed by atoms with Crippen molar-refractivity contribution in [2.45, 2.75) is 19.0 Å². The fourth-order valence-corrected chi connectivity index (χ4v) is 3.71. The highest BCUT2D eigenvalue weighted by Gasteiger charge is 2.40. The van der Waals surface area contributed by atoms with Gasteiger partial charge in [0, 0.05) is 32.4 Å². The van der Waals surface area contributed by atoms with Crippen LogP contribution < -0.4 is 10.2 Å². The summed E-state index contributed by atoms with van der Waals surface area (Å²) in [7, 11) is 0. The van der Waals surface area contributed by atoms with E-state index < -0.39 is 23.8 Å². The molecule has 2 fully saturated rings. The minimum Gasteiger partial charge on any atom is -0.353 e. The van der Waals surface area contributed by atoms with Gasteiger partial charge in [0.15, 0.2) is 0 Å². The Kier molecular flexibility index (Phi) is 5.60. The maximum Gasteiger partial charge on any atom is 0.325 e. The molecule has 8 nitrogen and oxygen atoms in total. The number of hydrogen-bond donors (Lipinski definition) is 1. The van der Waals surface area contributed by atoms with Crippen molar-refractivity contribution in [3.05, 3.63) is 60.0 Å². The summed E-state index contributed by atoms with van der Waals surface area (Å²) in [5.41, 5.74) is 0.510. The average molecular weight is 411 g/mol. The molecular formula is C21H22FN5O3. The first-order valence-electron chi connectivity index (χ1n) is 9.81. The summed E-state index contributed by atoms with van der Waals surface area (Å²) >= 11 is 0. The zero-order chi connectivity index (χ0) is 21.1. The van der Waals surface area contributed by atoms with Crippen LogP contribution in [0.4, 0.5) is 15.0 Å². The van der Waals surface area contributed by atoms with E-state index in [9.17, 15) is 18.8 Å². The topological polar surface area (TPSA) is 85.8 Å². The Labute approximate surface area is 173 Å². The zero-order valence-corrected chi connectivity index (χ0v) is 16.3. The molecule has 4 rings (SSSR count). The Bertz CT molecular complexity index is 947. The van der Waals surface area contributed by atoms with Crippen LogP contribution in [0.15, 0.2) is 48.7 Å². The van der Waals surface area contributed by atoms with Crippen LogP contribution in [-0.4, -0.2) is 64.9 Å². The van der Waals surface area contributed by atoms with Gasteiger partial charge in [0.25, 0.3) is 5.91 Å². The maximum atomic E-state index is 13.4. The van der Waals surface area contributed by atoms with Gasteiger partial charge in [-0.05, 0) is 29.8 Å². The van der Waals surface area contributed by atoms with Crippen LogP contribution in [0.2, 0.25) is 0 Å². The molecule has 1 aromatic heterocycles. The minimum atomic E-state index is -0.896. The number of amides is 4. The molecule has 0 radical (unpaired) electrons. The van der Waals surface area contributed by atoms with Gasteiger partial charge in [-0.3, -0.25) is 14.5 Å². The minimum absolute atomic E-state index is 0.0319. The summed E-state index contributed by atoms with van der Waals surface area (Å²) in [5.74, 6) is -0.210. The number of hydrogen-bond acceptors (Lipinski definition) is 5. The van der Waals surface area contributed by atoms with Crippen LogP contribution in [0, 0.1) is 5.82 Å². The summed E-state index contributed by atoms with van der Waals surface area (Å²) in [6.45, 7) is 2.32. The van der Waals surface area contributed by atoms with E-state index in [2.05, 4.69) is 15.2 Å². The predicted molar refractivity (Wildman–Crippen MR) is 107 cm³/mol. The van der Waals surface area contributed by atoms with E-state index in [1.165, 1.54) is 18.2 Å². The Morgan fingerprint density at radius 2 is 1.90 bits per heavy atom. The van der Waals surface area contributed by atoms with Gasteiger partial charge >= 0.3 is 6.03 Å². The molecule has 2 aromatic rings. The van der Waals surface area contributed by atoms with Gasteiger partial charge in [0.1, 0.15) is 17.7 Å². The van der Waals surface area contributed by atoms with Crippen molar-refractivity contribution < 1.29 is 18.8 Å². The number of rotatable bonds is 5. The van der Waals surface area contributed by atoms with Crippen LogP contribution in [0.25, 0.3) is 0 Å². The molecule has 2 saturated heterocycles. The molecule has 4 amide bonds. The Morgan fingerprint density at radius 3 is 2.60 bits per heavy atom. The fraction of sp³-hybridized carbons (Fsp3) is 0.333. The number of imide groups is 1. The highest BCUT2D eigenvalue weighted by Crippen LogP contribution is 2.17. The molecule has 3 heterocycles.